The van der Waals surface area contributed by atoms with Crippen molar-refractivity contribution < 1.29 is 9.94 Å². The lowest BCUT2D eigenvalue weighted by atomic mass is 10.1. The first-order chi connectivity index (χ1) is 9.15. The summed E-state index contributed by atoms with van der Waals surface area (Å²) in [5.41, 5.74) is 7.33. The van der Waals surface area contributed by atoms with E-state index in [4.69, 9.17) is 15.7 Å². The number of benzene rings is 1. The van der Waals surface area contributed by atoms with Gasteiger partial charge in [0.2, 0.25) is 0 Å². The van der Waals surface area contributed by atoms with Crippen LogP contribution in [0.4, 0.5) is 0 Å². The maximum atomic E-state index is 8.79. The molecule has 19 heavy (non-hydrogen) atoms. The van der Waals surface area contributed by atoms with Crippen molar-refractivity contribution >= 4 is 5.84 Å². The van der Waals surface area contributed by atoms with Gasteiger partial charge in [0.05, 0.1) is 12.7 Å². The zero-order chi connectivity index (χ0) is 14.3. The minimum Gasteiger partial charge on any atom is -0.496 e. The lowest BCUT2D eigenvalue weighted by Gasteiger charge is -2.15. The normalized spacial score (nSPS) is 11.9. The highest BCUT2D eigenvalue weighted by Gasteiger charge is 2.09. The lowest BCUT2D eigenvalue weighted by molar-refractivity contribution is 0.318. The van der Waals surface area contributed by atoms with Gasteiger partial charge in [-0.1, -0.05) is 25.1 Å². The predicted octanol–water partition coefficient (Wildman–Crippen LogP) is 2.07. The quantitative estimate of drug-likeness (QED) is 0.305. The van der Waals surface area contributed by atoms with E-state index in [0.29, 0.717) is 17.4 Å². The zero-order valence-electron chi connectivity index (χ0n) is 11.8. The third-order valence-corrected chi connectivity index (χ3v) is 3.23. The van der Waals surface area contributed by atoms with Gasteiger partial charge in [-0.2, -0.15) is 0 Å². The minimum absolute atomic E-state index is 0.0567. The molecule has 5 nitrogen and oxygen atoms in total. The first-order valence-corrected chi connectivity index (χ1v) is 6.54. The van der Waals surface area contributed by atoms with Crippen molar-refractivity contribution in [1.29, 1.82) is 0 Å². The van der Waals surface area contributed by atoms with Crippen molar-refractivity contribution in [3.05, 3.63) is 29.3 Å². The summed E-state index contributed by atoms with van der Waals surface area (Å²) in [5.74, 6) is 0.655. The van der Waals surface area contributed by atoms with Gasteiger partial charge in [0.1, 0.15) is 5.75 Å². The van der Waals surface area contributed by atoms with Crippen molar-refractivity contribution in [3.63, 3.8) is 0 Å². The molecule has 0 bridgehead atoms. The van der Waals surface area contributed by atoms with Crippen molar-refractivity contribution in [2.75, 3.05) is 7.11 Å². The van der Waals surface area contributed by atoms with Gasteiger partial charge in [-0.05, 0) is 30.5 Å². The first kappa shape index (κ1) is 15.3. The number of hydrogen-bond acceptors (Lipinski definition) is 4. The molecule has 5 heteroatoms. The number of nitrogens with two attached hydrogens (primary N) is 1. The van der Waals surface area contributed by atoms with Crippen molar-refractivity contribution in [1.82, 2.24) is 5.32 Å². The van der Waals surface area contributed by atoms with Crippen LogP contribution < -0.4 is 15.8 Å². The second kappa shape index (κ2) is 7.63. The number of methoxy groups -OCH3 is 1. The van der Waals surface area contributed by atoms with Crippen LogP contribution in [0.15, 0.2) is 23.4 Å². The summed E-state index contributed by atoms with van der Waals surface area (Å²) in [7, 11) is 1.56. The molecule has 0 heterocycles. The van der Waals surface area contributed by atoms with Crippen molar-refractivity contribution in [2.24, 2.45) is 10.9 Å². The van der Waals surface area contributed by atoms with Crippen LogP contribution >= 0.6 is 0 Å². The van der Waals surface area contributed by atoms with E-state index in [9.17, 15) is 0 Å². The number of ether oxygens (including phenoxy) is 1. The standard InChI is InChI=1S/C14H23N3O2/c1-4-11(5-2)16-9-10-6-7-13(19-3)12(8-10)14(15)17-18/h6-8,11,16,18H,4-5,9H2,1-3H3,(H2,15,17). The monoisotopic (exact) mass is 265 g/mol. The summed E-state index contributed by atoms with van der Waals surface area (Å²) < 4.78 is 5.20. The molecule has 1 aromatic rings. The van der Waals surface area contributed by atoms with Gasteiger partial charge in [0.25, 0.3) is 0 Å². The lowest BCUT2D eigenvalue weighted by Crippen LogP contribution is -2.27. The molecule has 0 aromatic heterocycles. The van der Waals surface area contributed by atoms with Gasteiger partial charge in [-0.3, -0.25) is 0 Å². The zero-order valence-corrected chi connectivity index (χ0v) is 11.8. The molecule has 0 amide bonds. The summed E-state index contributed by atoms with van der Waals surface area (Å²) in [5, 5.41) is 15.3. The van der Waals surface area contributed by atoms with Crippen LogP contribution in [-0.2, 0) is 6.54 Å². The van der Waals surface area contributed by atoms with Crippen molar-refractivity contribution in [3.8, 4) is 5.75 Å². The molecule has 106 valence electrons. The van der Waals surface area contributed by atoms with E-state index in [1.54, 1.807) is 7.11 Å². The van der Waals surface area contributed by atoms with E-state index < -0.39 is 0 Å². The SMILES string of the molecule is CCC(CC)NCc1ccc(OC)c(C(N)=NO)c1. The molecule has 0 aliphatic rings. The highest BCUT2D eigenvalue weighted by atomic mass is 16.5. The summed E-state index contributed by atoms with van der Waals surface area (Å²) in [4.78, 5) is 0. The molecule has 0 saturated heterocycles. The molecule has 0 radical (unpaired) electrons. The largest absolute Gasteiger partial charge is 0.496 e. The van der Waals surface area contributed by atoms with E-state index >= 15 is 0 Å². The summed E-state index contributed by atoms with van der Waals surface area (Å²) in [6.07, 6.45) is 2.19. The van der Waals surface area contributed by atoms with E-state index in [0.717, 1.165) is 24.9 Å². The van der Waals surface area contributed by atoms with Crippen LogP contribution in [0.5, 0.6) is 5.75 Å². The Morgan fingerprint density at radius 3 is 2.63 bits per heavy atom. The molecule has 0 atom stereocenters. The molecule has 1 aromatic carbocycles. The van der Waals surface area contributed by atoms with Gasteiger partial charge in [-0.15, -0.1) is 0 Å². The van der Waals surface area contributed by atoms with Gasteiger partial charge in [0, 0.05) is 12.6 Å². The third kappa shape index (κ3) is 4.13. The Labute approximate surface area is 114 Å². The topological polar surface area (TPSA) is 79.9 Å². The fourth-order valence-electron chi connectivity index (χ4n) is 1.96. The molecule has 0 spiro atoms. The van der Waals surface area contributed by atoms with Crippen LogP contribution in [0.25, 0.3) is 0 Å². The molecular weight excluding hydrogens is 242 g/mol. The van der Waals surface area contributed by atoms with E-state index in [2.05, 4.69) is 24.3 Å². The molecular formula is C14H23N3O2. The van der Waals surface area contributed by atoms with Gasteiger partial charge < -0.3 is 21.0 Å². The number of nitrogens with zero attached hydrogens (tertiary/aromatic N) is 1. The van der Waals surface area contributed by atoms with Crippen LogP contribution in [0.2, 0.25) is 0 Å². The highest BCUT2D eigenvalue weighted by molar-refractivity contribution is 5.99. The Hall–Kier alpha value is -1.75. The Kier molecular flexibility index (Phi) is 6.15. The maximum absolute atomic E-state index is 8.79. The Balaban J connectivity index is 2.86. The smallest absolute Gasteiger partial charge is 0.173 e. The Morgan fingerprint density at radius 2 is 2.11 bits per heavy atom. The van der Waals surface area contributed by atoms with E-state index in [1.807, 2.05) is 18.2 Å². The van der Waals surface area contributed by atoms with Crippen molar-refractivity contribution in [2.45, 2.75) is 39.3 Å². The second-order valence-electron chi connectivity index (χ2n) is 4.41. The number of hydrogen-bond donors (Lipinski definition) is 3. The molecule has 0 saturated carbocycles. The first-order valence-electron chi connectivity index (χ1n) is 6.54. The maximum Gasteiger partial charge on any atom is 0.173 e. The number of oxime groups is 1. The van der Waals surface area contributed by atoms with Gasteiger partial charge in [-0.25, -0.2) is 0 Å². The number of rotatable bonds is 7. The number of nitrogens with one attached hydrogen (secondary N) is 1. The number of amidine groups is 1. The summed E-state index contributed by atoms with van der Waals surface area (Å²) >= 11 is 0. The predicted molar refractivity (Wildman–Crippen MR) is 76.7 cm³/mol. The summed E-state index contributed by atoms with van der Waals surface area (Å²) in [6.45, 7) is 5.08. The molecule has 0 fully saturated rings. The van der Waals surface area contributed by atoms with Gasteiger partial charge in [0.15, 0.2) is 5.84 Å². The fraction of sp³-hybridized carbons (Fsp3) is 0.500. The van der Waals surface area contributed by atoms with Crippen LogP contribution in [0.3, 0.4) is 0 Å². The third-order valence-electron chi connectivity index (χ3n) is 3.23. The van der Waals surface area contributed by atoms with Crippen LogP contribution in [0.1, 0.15) is 37.8 Å². The van der Waals surface area contributed by atoms with E-state index in [1.165, 1.54) is 0 Å². The van der Waals surface area contributed by atoms with Crippen LogP contribution in [-0.4, -0.2) is 24.2 Å². The molecule has 4 N–H and O–H groups in total. The fourth-order valence-corrected chi connectivity index (χ4v) is 1.96. The van der Waals surface area contributed by atoms with Gasteiger partial charge >= 0.3 is 0 Å². The average Bonchev–Trinajstić information content (AvgIpc) is 2.47. The minimum atomic E-state index is 0.0567. The Bertz CT molecular complexity index is 429. The molecule has 0 aliphatic carbocycles. The van der Waals surface area contributed by atoms with E-state index in [-0.39, 0.29) is 5.84 Å². The molecule has 0 aliphatic heterocycles. The average molecular weight is 265 g/mol. The van der Waals surface area contributed by atoms with Crippen LogP contribution in [0, 0.1) is 0 Å². The molecule has 0 unspecified atom stereocenters. The molecule has 1 rings (SSSR count). The summed E-state index contributed by atoms with van der Waals surface area (Å²) in [6, 6.07) is 6.19. The Morgan fingerprint density at radius 1 is 1.42 bits per heavy atom. The highest BCUT2D eigenvalue weighted by Crippen LogP contribution is 2.19. The second-order valence-corrected chi connectivity index (χ2v) is 4.41.